The van der Waals surface area contributed by atoms with Gasteiger partial charge in [-0.25, -0.2) is 0 Å². The number of hydrogen-bond acceptors (Lipinski definition) is 3. The average molecular weight is 313 g/mol. The van der Waals surface area contributed by atoms with Crippen molar-refractivity contribution in [3.8, 4) is 0 Å². The minimum Gasteiger partial charge on any atom is -0.381 e. The number of imide groups is 1. The number of benzene rings is 1. The Bertz CT molecular complexity index is 642. The van der Waals surface area contributed by atoms with Crippen LogP contribution >= 0.6 is 0 Å². The maximum atomic E-state index is 12.8. The maximum absolute atomic E-state index is 12.8. The van der Waals surface area contributed by atoms with Crippen molar-refractivity contribution in [2.45, 2.75) is 32.6 Å². The number of ether oxygens (including phenoxy) is 1. The molecule has 0 aliphatic carbocycles. The van der Waals surface area contributed by atoms with Crippen molar-refractivity contribution >= 4 is 17.4 Å². The van der Waals surface area contributed by atoms with E-state index < -0.39 is 0 Å². The molecule has 0 N–H and O–H groups in total. The summed E-state index contributed by atoms with van der Waals surface area (Å²) in [4.78, 5) is 26.5. The van der Waals surface area contributed by atoms with Crippen LogP contribution in [0.15, 0.2) is 30.3 Å². The van der Waals surface area contributed by atoms with Crippen molar-refractivity contribution in [3.63, 3.8) is 0 Å². The fourth-order valence-corrected chi connectivity index (χ4v) is 3.31. The summed E-state index contributed by atoms with van der Waals surface area (Å²) in [7, 11) is 0. The summed E-state index contributed by atoms with van der Waals surface area (Å²) in [6, 6.07) is 7.85. The van der Waals surface area contributed by atoms with Gasteiger partial charge in [-0.2, -0.15) is 0 Å². The lowest BCUT2D eigenvalue weighted by molar-refractivity contribution is -0.137. The zero-order chi connectivity index (χ0) is 16.4. The van der Waals surface area contributed by atoms with Crippen LogP contribution < -0.4 is 0 Å². The van der Waals surface area contributed by atoms with Crippen LogP contribution in [-0.4, -0.2) is 36.5 Å². The first-order valence-electron chi connectivity index (χ1n) is 8.32. The molecule has 0 saturated carbocycles. The first-order valence-corrected chi connectivity index (χ1v) is 8.32. The summed E-state index contributed by atoms with van der Waals surface area (Å²) in [5.74, 6) is 0.314. The highest BCUT2D eigenvalue weighted by molar-refractivity contribution is 6.33. The lowest BCUT2D eigenvalue weighted by Gasteiger charge is -2.26. The fourth-order valence-electron chi connectivity index (χ4n) is 3.31. The molecule has 0 bridgehead atoms. The molecule has 2 heterocycles. The van der Waals surface area contributed by atoms with Gasteiger partial charge in [-0.15, -0.1) is 0 Å². The topological polar surface area (TPSA) is 46.6 Å². The molecule has 0 radical (unpaired) electrons. The second-order valence-corrected chi connectivity index (χ2v) is 6.61. The molecule has 1 fully saturated rings. The number of rotatable bonds is 4. The fraction of sp³-hybridized carbons (Fsp3) is 0.474. The minimum atomic E-state index is -0.185. The number of carbonyl (C=O) groups is 2. The van der Waals surface area contributed by atoms with E-state index in [9.17, 15) is 9.59 Å². The van der Waals surface area contributed by atoms with Gasteiger partial charge in [0.2, 0.25) is 0 Å². The van der Waals surface area contributed by atoms with Crippen molar-refractivity contribution in [1.29, 1.82) is 0 Å². The second kappa shape index (κ2) is 6.67. The van der Waals surface area contributed by atoms with Crippen molar-refractivity contribution in [3.05, 3.63) is 41.5 Å². The lowest BCUT2D eigenvalue weighted by Crippen LogP contribution is -2.37. The number of amides is 2. The highest BCUT2D eigenvalue weighted by Crippen LogP contribution is 2.31. The SMILES string of the molecule is CC(C)c1ccccc1C1=CC(=O)N(CC2CCOCC2)C1=O. The molecule has 1 saturated heterocycles. The molecule has 2 aliphatic rings. The molecule has 4 heteroatoms. The Kier molecular flexibility index (Phi) is 4.62. The Hall–Kier alpha value is -1.94. The number of hydrogen-bond donors (Lipinski definition) is 0. The monoisotopic (exact) mass is 313 g/mol. The molecule has 4 nitrogen and oxygen atoms in total. The summed E-state index contributed by atoms with van der Waals surface area (Å²) in [5.41, 5.74) is 2.52. The molecule has 0 aromatic heterocycles. The quantitative estimate of drug-likeness (QED) is 0.803. The van der Waals surface area contributed by atoms with E-state index in [4.69, 9.17) is 4.74 Å². The van der Waals surface area contributed by atoms with Crippen LogP contribution in [0.25, 0.3) is 5.57 Å². The second-order valence-electron chi connectivity index (χ2n) is 6.61. The summed E-state index contributed by atoms with van der Waals surface area (Å²) in [6.07, 6.45) is 3.33. The average Bonchev–Trinajstić information content (AvgIpc) is 2.84. The summed E-state index contributed by atoms with van der Waals surface area (Å²) in [6.45, 7) is 6.14. The van der Waals surface area contributed by atoms with E-state index in [1.54, 1.807) is 0 Å². The van der Waals surface area contributed by atoms with Crippen LogP contribution in [0.2, 0.25) is 0 Å². The van der Waals surface area contributed by atoms with Crippen molar-refractivity contribution in [2.24, 2.45) is 5.92 Å². The van der Waals surface area contributed by atoms with Gasteiger partial charge < -0.3 is 4.74 Å². The highest BCUT2D eigenvalue weighted by atomic mass is 16.5. The molecule has 3 rings (SSSR count). The summed E-state index contributed by atoms with van der Waals surface area (Å²) >= 11 is 0. The predicted molar refractivity (Wildman–Crippen MR) is 88.8 cm³/mol. The van der Waals surface area contributed by atoms with Crippen LogP contribution in [0, 0.1) is 5.92 Å². The molecule has 1 aromatic carbocycles. The molecule has 1 aromatic rings. The van der Waals surface area contributed by atoms with Gasteiger partial charge in [-0.05, 0) is 35.8 Å². The molecule has 0 unspecified atom stereocenters. The Balaban J connectivity index is 1.81. The van der Waals surface area contributed by atoms with Crippen LogP contribution in [0.4, 0.5) is 0 Å². The molecular formula is C19H23NO3. The largest absolute Gasteiger partial charge is 0.381 e. The van der Waals surface area contributed by atoms with Crippen LogP contribution in [0.5, 0.6) is 0 Å². The summed E-state index contributed by atoms with van der Waals surface area (Å²) in [5, 5.41) is 0. The van der Waals surface area contributed by atoms with Crippen LogP contribution in [-0.2, 0) is 14.3 Å². The van der Waals surface area contributed by atoms with E-state index in [-0.39, 0.29) is 11.8 Å². The zero-order valence-electron chi connectivity index (χ0n) is 13.7. The molecular weight excluding hydrogens is 290 g/mol. The van der Waals surface area contributed by atoms with E-state index in [0.717, 1.165) is 37.2 Å². The van der Waals surface area contributed by atoms with Crippen molar-refractivity contribution < 1.29 is 14.3 Å². The standard InChI is InChI=1S/C19H23NO3/c1-13(2)15-5-3-4-6-16(15)17-11-18(21)20(19(17)22)12-14-7-9-23-10-8-14/h3-6,11,13-14H,7-10,12H2,1-2H3. The van der Waals surface area contributed by atoms with Gasteiger partial charge >= 0.3 is 0 Å². The van der Waals surface area contributed by atoms with Crippen molar-refractivity contribution in [2.75, 3.05) is 19.8 Å². The molecule has 2 amide bonds. The number of nitrogens with zero attached hydrogens (tertiary/aromatic N) is 1. The van der Waals surface area contributed by atoms with Gasteiger partial charge in [0.1, 0.15) is 0 Å². The Morgan fingerprint density at radius 3 is 2.57 bits per heavy atom. The molecule has 0 spiro atoms. The van der Waals surface area contributed by atoms with Gasteiger partial charge in [0, 0.05) is 25.8 Å². The maximum Gasteiger partial charge on any atom is 0.261 e. The van der Waals surface area contributed by atoms with E-state index in [2.05, 4.69) is 13.8 Å². The first kappa shape index (κ1) is 15.9. The van der Waals surface area contributed by atoms with E-state index in [0.29, 0.717) is 24.0 Å². The normalized spacial score (nSPS) is 19.6. The summed E-state index contributed by atoms with van der Waals surface area (Å²) < 4.78 is 5.35. The molecule has 0 atom stereocenters. The Morgan fingerprint density at radius 2 is 1.87 bits per heavy atom. The first-order chi connectivity index (χ1) is 11.1. The van der Waals surface area contributed by atoms with Gasteiger partial charge in [-0.3, -0.25) is 14.5 Å². The third-order valence-corrected chi connectivity index (χ3v) is 4.66. The van der Waals surface area contributed by atoms with Crippen LogP contribution in [0.3, 0.4) is 0 Å². The number of carbonyl (C=O) groups excluding carboxylic acids is 2. The zero-order valence-corrected chi connectivity index (χ0v) is 13.7. The van der Waals surface area contributed by atoms with Gasteiger partial charge in [0.25, 0.3) is 11.8 Å². The van der Waals surface area contributed by atoms with E-state index in [1.807, 2.05) is 24.3 Å². The van der Waals surface area contributed by atoms with Gasteiger partial charge in [-0.1, -0.05) is 38.1 Å². The minimum absolute atomic E-state index is 0.158. The smallest absolute Gasteiger partial charge is 0.261 e. The Morgan fingerprint density at radius 1 is 1.17 bits per heavy atom. The third kappa shape index (κ3) is 3.22. The van der Waals surface area contributed by atoms with Gasteiger partial charge in [0.15, 0.2) is 0 Å². The third-order valence-electron chi connectivity index (χ3n) is 4.66. The van der Waals surface area contributed by atoms with Crippen molar-refractivity contribution in [1.82, 2.24) is 4.90 Å². The van der Waals surface area contributed by atoms with Crippen LogP contribution in [0.1, 0.15) is 43.7 Å². The van der Waals surface area contributed by atoms with Gasteiger partial charge in [0.05, 0.1) is 5.57 Å². The predicted octanol–water partition coefficient (Wildman–Crippen LogP) is 2.99. The highest BCUT2D eigenvalue weighted by Gasteiger charge is 2.34. The lowest BCUT2D eigenvalue weighted by atomic mass is 9.92. The molecule has 122 valence electrons. The molecule has 2 aliphatic heterocycles. The molecule has 23 heavy (non-hydrogen) atoms. The Labute approximate surface area is 137 Å². The van der Waals surface area contributed by atoms with E-state index >= 15 is 0 Å². The van der Waals surface area contributed by atoms with E-state index in [1.165, 1.54) is 11.0 Å².